The first kappa shape index (κ1) is 23.4. The summed E-state index contributed by atoms with van der Waals surface area (Å²) in [5.74, 6) is 0.827. The lowest BCUT2D eigenvalue weighted by atomic mass is 10.3. The lowest BCUT2D eigenvalue weighted by Crippen LogP contribution is -2.38. The number of halogens is 1. The molecule has 0 aliphatic rings. The standard InChI is InChI=1S/C20H31N5O.HI/c1-3-5-13-26-14-9-12-22-20(21-4-2)23-15-18-16-24-25(17-18)19-10-7-6-8-11-19;/h6-8,10-11,16-17H,3-5,9,12-15H2,1-2H3,(H2,21,22,23);1H. The van der Waals surface area contributed by atoms with Crippen LogP contribution >= 0.6 is 24.0 Å². The molecule has 1 aromatic carbocycles. The molecule has 0 saturated heterocycles. The number of guanidine groups is 1. The second kappa shape index (κ2) is 14.4. The number of hydrogen-bond acceptors (Lipinski definition) is 3. The largest absolute Gasteiger partial charge is 0.381 e. The predicted octanol–water partition coefficient (Wildman–Crippen LogP) is 3.75. The molecule has 7 heteroatoms. The van der Waals surface area contributed by atoms with Crippen LogP contribution < -0.4 is 10.6 Å². The van der Waals surface area contributed by atoms with Crippen LogP contribution in [0.5, 0.6) is 0 Å². The zero-order valence-electron chi connectivity index (χ0n) is 16.4. The van der Waals surface area contributed by atoms with E-state index in [-0.39, 0.29) is 24.0 Å². The summed E-state index contributed by atoms with van der Waals surface area (Å²) in [4.78, 5) is 4.64. The monoisotopic (exact) mass is 485 g/mol. The Kier molecular flexibility index (Phi) is 12.5. The molecule has 0 atom stereocenters. The third kappa shape index (κ3) is 9.23. The minimum Gasteiger partial charge on any atom is -0.381 e. The fourth-order valence-corrected chi connectivity index (χ4v) is 2.41. The lowest BCUT2D eigenvalue weighted by Gasteiger charge is -2.11. The Morgan fingerprint density at radius 3 is 2.63 bits per heavy atom. The summed E-state index contributed by atoms with van der Waals surface area (Å²) in [6.45, 7) is 8.16. The van der Waals surface area contributed by atoms with Gasteiger partial charge in [0, 0.05) is 38.1 Å². The normalized spacial score (nSPS) is 11.1. The summed E-state index contributed by atoms with van der Waals surface area (Å²) in [5, 5.41) is 11.0. The van der Waals surface area contributed by atoms with Crippen molar-refractivity contribution in [2.45, 2.75) is 39.7 Å². The number of hydrogen-bond donors (Lipinski definition) is 2. The highest BCUT2D eigenvalue weighted by Crippen LogP contribution is 2.08. The van der Waals surface area contributed by atoms with Gasteiger partial charge in [-0.1, -0.05) is 31.5 Å². The highest BCUT2D eigenvalue weighted by Gasteiger charge is 2.02. The molecular formula is C20H32IN5O. The van der Waals surface area contributed by atoms with Gasteiger partial charge in [-0.15, -0.1) is 24.0 Å². The Morgan fingerprint density at radius 2 is 1.89 bits per heavy atom. The van der Waals surface area contributed by atoms with E-state index >= 15 is 0 Å². The summed E-state index contributed by atoms with van der Waals surface area (Å²) < 4.78 is 7.45. The summed E-state index contributed by atoms with van der Waals surface area (Å²) in [6.07, 6.45) is 7.16. The highest BCUT2D eigenvalue weighted by molar-refractivity contribution is 14.0. The Hall–Kier alpha value is -1.61. The zero-order valence-corrected chi connectivity index (χ0v) is 18.7. The molecule has 0 bridgehead atoms. The quantitative estimate of drug-likeness (QED) is 0.220. The van der Waals surface area contributed by atoms with Crippen molar-refractivity contribution < 1.29 is 4.74 Å². The van der Waals surface area contributed by atoms with E-state index in [1.165, 1.54) is 6.42 Å². The molecule has 2 rings (SSSR count). The van der Waals surface area contributed by atoms with Crippen LogP contribution in [0.25, 0.3) is 5.69 Å². The van der Waals surface area contributed by atoms with Crippen LogP contribution in [-0.4, -0.2) is 42.0 Å². The first-order valence-electron chi connectivity index (χ1n) is 9.52. The molecule has 2 N–H and O–H groups in total. The number of para-hydroxylation sites is 1. The number of benzene rings is 1. The fourth-order valence-electron chi connectivity index (χ4n) is 2.41. The molecule has 6 nitrogen and oxygen atoms in total. The van der Waals surface area contributed by atoms with Gasteiger partial charge < -0.3 is 15.4 Å². The minimum absolute atomic E-state index is 0. The number of nitrogens with zero attached hydrogens (tertiary/aromatic N) is 3. The van der Waals surface area contributed by atoms with E-state index in [0.29, 0.717) is 6.54 Å². The van der Waals surface area contributed by atoms with Crippen molar-refractivity contribution in [1.29, 1.82) is 0 Å². The third-order valence-corrected chi connectivity index (χ3v) is 3.82. The summed E-state index contributed by atoms with van der Waals surface area (Å²) >= 11 is 0. The van der Waals surface area contributed by atoms with Crippen LogP contribution in [0.3, 0.4) is 0 Å². The molecule has 0 unspecified atom stereocenters. The van der Waals surface area contributed by atoms with E-state index in [2.05, 4.69) is 34.6 Å². The van der Waals surface area contributed by atoms with Crippen LogP contribution in [0.2, 0.25) is 0 Å². The van der Waals surface area contributed by atoms with Crippen LogP contribution in [0.4, 0.5) is 0 Å². The van der Waals surface area contributed by atoms with Crippen LogP contribution in [0, 0.1) is 0 Å². The molecule has 1 heterocycles. The maximum absolute atomic E-state index is 5.58. The number of unbranched alkanes of at least 4 members (excludes halogenated alkanes) is 1. The van der Waals surface area contributed by atoms with E-state index in [0.717, 1.165) is 56.4 Å². The third-order valence-electron chi connectivity index (χ3n) is 3.82. The Morgan fingerprint density at radius 1 is 1.11 bits per heavy atom. The fraction of sp³-hybridized carbons (Fsp3) is 0.500. The molecule has 0 radical (unpaired) electrons. The zero-order chi connectivity index (χ0) is 18.5. The summed E-state index contributed by atoms with van der Waals surface area (Å²) in [5.41, 5.74) is 2.13. The SMILES string of the molecule is CCCCOCCCNC(=NCc1cnn(-c2ccccc2)c1)NCC.I. The van der Waals surface area contributed by atoms with Crippen molar-refractivity contribution in [2.24, 2.45) is 4.99 Å². The molecule has 0 fully saturated rings. The van der Waals surface area contributed by atoms with Crippen molar-refractivity contribution in [3.8, 4) is 5.69 Å². The molecule has 0 amide bonds. The molecule has 27 heavy (non-hydrogen) atoms. The van der Waals surface area contributed by atoms with E-state index in [4.69, 9.17) is 4.74 Å². The first-order valence-corrected chi connectivity index (χ1v) is 9.52. The number of rotatable bonds is 11. The smallest absolute Gasteiger partial charge is 0.191 e. The van der Waals surface area contributed by atoms with E-state index in [1.54, 1.807) is 0 Å². The molecule has 150 valence electrons. The van der Waals surface area contributed by atoms with Gasteiger partial charge in [0.05, 0.1) is 18.4 Å². The molecule has 0 aliphatic carbocycles. The minimum atomic E-state index is 0. The average molecular weight is 485 g/mol. The van der Waals surface area contributed by atoms with Gasteiger partial charge in [-0.25, -0.2) is 9.67 Å². The van der Waals surface area contributed by atoms with Crippen molar-refractivity contribution in [1.82, 2.24) is 20.4 Å². The topological polar surface area (TPSA) is 63.5 Å². The molecule has 1 aromatic heterocycles. The van der Waals surface area contributed by atoms with Gasteiger partial charge >= 0.3 is 0 Å². The van der Waals surface area contributed by atoms with E-state index in [9.17, 15) is 0 Å². The van der Waals surface area contributed by atoms with Gasteiger partial charge in [-0.2, -0.15) is 5.10 Å². The van der Waals surface area contributed by atoms with Crippen LogP contribution in [0.15, 0.2) is 47.7 Å². The Balaban J connectivity index is 0.00000364. The van der Waals surface area contributed by atoms with E-state index in [1.807, 2.05) is 47.4 Å². The summed E-state index contributed by atoms with van der Waals surface area (Å²) in [7, 11) is 0. The molecule has 0 spiro atoms. The van der Waals surface area contributed by atoms with Gasteiger partial charge in [0.2, 0.25) is 0 Å². The Labute approximate surface area is 179 Å². The second-order valence-electron chi connectivity index (χ2n) is 6.07. The number of nitrogens with one attached hydrogen (secondary N) is 2. The second-order valence-corrected chi connectivity index (χ2v) is 6.07. The number of ether oxygens (including phenoxy) is 1. The molecular weight excluding hydrogens is 453 g/mol. The van der Waals surface area contributed by atoms with Crippen molar-refractivity contribution in [3.05, 3.63) is 48.3 Å². The first-order chi connectivity index (χ1) is 12.8. The van der Waals surface area contributed by atoms with Gasteiger partial charge in [-0.05, 0) is 31.9 Å². The molecule has 0 aliphatic heterocycles. The van der Waals surface area contributed by atoms with Crippen molar-refractivity contribution in [3.63, 3.8) is 0 Å². The maximum atomic E-state index is 5.58. The van der Waals surface area contributed by atoms with Gasteiger partial charge in [-0.3, -0.25) is 0 Å². The van der Waals surface area contributed by atoms with Crippen molar-refractivity contribution in [2.75, 3.05) is 26.3 Å². The van der Waals surface area contributed by atoms with Crippen LogP contribution in [0.1, 0.15) is 38.7 Å². The maximum Gasteiger partial charge on any atom is 0.191 e. The van der Waals surface area contributed by atoms with Crippen LogP contribution in [-0.2, 0) is 11.3 Å². The predicted molar refractivity (Wildman–Crippen MR) is 122 cm³/mol. The Bertz CT molecular complexity index is 645. The summed E-state index contributed by atoms with van der Waals surface area (Å²) in [6, 6.07) is 10.1. The lowest BCUT2D eigenvalue weighted by molar-refractivity contribution is 0.129. The molecule has 2 aromatic rings. The van der Waals surface area contributed by atoms with E-state index < -0.39 is 0 Å². The van der Waals surface area contributed by atoms with Gasteiger partial charge in [0.1, 0.15) is 0 Å². The van der Waals surface area contributed by atoms with Gasteiger partial charge in [0.15, 0.2) is 5.96 Å². The number of aliphatic imine (C=N–C) groups is 1. The van der Waals surface area contributed by atoms with Crippen molar-refractivity contribution >= 4 is 29.9 Å². The number of aromatic nitrogens is 2. The average Bonchev–Trinajstić information content (AvgIpc) is 3.15. The van der Waals surface area contributed by atoms with Gasteiger partial charge in [0.25, 0.3) is 0 Å². The molecule has 0 saturated carbocycles. The highest BCUT2D eigenvalue weighted by atomic mass is 127.